The molecule has 4 heteroatoms. The summed E-state index contributed by atoms with van der Waals surface area (Å²) in [4.78, 5) is 11.6. The van der Waals surface area contributed by atoms with Crippen molar-refractivity contribution in [1.29, 1.82) is 0 Å². The van der Waals surface area contributed by atoms with Gasteiger partial charge in [0.15, 0.2) is 5.78 Å². The van der Waals surface area contributed by atoms with Crippen LogP contribution in [-0.2, 0) is 0 Å². The number of benzene rings is 1. The first-order valence-corrected chi connectivity index (χ1v) is 5.61. The molecule has 1 heterocycles. The van der Waals surface area contributed by atoms with E-state index < -0.39 is 0 Å². The minimum atomic E-state index is -0.112. The highest BCUT2D eigenvalue weighted by atomic mass is 79.9. The Morgan fingerprint density at radius 1 is 1.46 bits per heavy atom. The molecule has 2 rings (SSSR count). The molecule has 1 aliphatic heterocycles. The standard InChI is InChI=1S/C9H7Br2NO/c10-5-2-1-3-7-8(5)9(13)6(11)4-12-7/h1-3,6,12H,4H2. The lowest BCUT2D eigenvalue weighted by molar-refractivity contribution is 0.0991. The fourth-order valence-corrected chi connectivity index (χ4v) is 2.32. The number of nitrogens with one attached hydrogen (secondary N) is 1. The Morgan fingerprint density at radius 2 is 2.23 bits per heavy atom. The van der Waals surface area contributed by atoms with Gasteiger partial charge in [0.25, 0.3) is 0 Å². The Labute approximate surface area is 93.0 Å². The molecule has 1 atom stereocenters. The fraction of sp³-hybridized carbons (Fsp3) is 0.222. The molecule has 1 unspecified atom stereocenters. The highest BCUT2D eigenvalue weighted by Crippen LogP contribution is 2.30. The van der Waals surface area contributed by atoms with E-state index in [1.807, 2.05) is 18.2 Å². The summed E-state index contributed by atoms with van der Waals surface area (Å²) in [5, 5.41) is 3.19. The van der Waals surface area contributed by atoms with Crippen LogP contribution in [0.5, 0.6) is 0 Å². The Morgan fingerprint density at radius 3 is 3.00 bits per heavy atom. The third-order valence-corrected chi connectivity index (χ3v) is 3.42. The summed E-state index contributed by atoms with van der Waals surface area (Å²) < 4.78 is 0.853. The van der Waals surface area contributed by atoms with E-state index in [4.69, 9.17) is 0 Å². The molecule has 13 heavy (non-hydrogen) atoms. The summed E-state index contributed by atoms with van der Waals surface area (Å²) in [6.45, 7) is 0.655. The van der Waals surface area contributed by atoms with Gasteiger partial charge in [-0.2, -0.15) is 0 Å². The maximum absolute atomic E-state index is 11.7. The Kier molecular flexibility index (Phi) is 2.43. The van der Waals surface area contributed by atoms with Crippen LogP contribution < -0.4 is 5.32 Å². The second kappa shape index (κ2) is 3.42. The Hall–Kier alpha value is -0.350. The van der Waals surface area contributed by atoms with Crippen LogP contribution in [0.4, 0.5) is 5.69 Å². The average molecular weight is 305 g/mol. The number of hydrogen-bond donors (Lipinski definition) is 1. The van der Waals surface area contributed by atoms with E-state index >= 15 is 0 Å². The van der Waals surface area contributed by atoms with E-state index in [0.717, 1.165) is 15.7 Å². The van der Waals surface area contributed by atoms with Crippen molar-refractivity contribution in [3.63, 3.8) is 0 Å². The van der Waals surface area contributed by atoms with Crippen molar-refractivity contribution >= 4 is 43.3 Å². The first-order valence-electron chi connectivity index (χ1n) is 3.91. The third-order valence-electron chi connectivity index (χ3n) is 2.02. The highest BCUT2D eigenvalue weighted by molar-refractivity contribution is 9.10. The largest absolute Gasteiger partial charge is 0.383 e. The zero-order valence-electron chi connectivity index (χ0n) is 6.68. The zero-order valence-corrected chi connectivity index (χ0v) is 9.85. The van der Waals surface area contributed by atoms with Gasteiger partial charge >= 0.3 is 0 Å². The number of anilines is 1. The number of hydrogen-bond acceptors (Lipinski definition) is 2. The molecule has 0 saturated heterocycles. The van der Waals surface area contributed by atoms with Gasteiger partial charge in [-0.25, -0.2) is 0 Å². The van der Waals surface area contributed by atoms with Crippen molar-refractivity contribution in [3.8, 4) is 0 Å². The van der Waals surface area contributed by atoms with Gasteiger partial charge in [0.1, 0.15) is 0 Å². The zero-order chi connectivity index (χ0) is 9.42. The lowest BCUT2D eigenvalue weighted by Crippen LogP contribution is -2.30. The normalized spacial score (nSPS) is 20.8. The lowest BCUT2D eigenvalue weighted by atomic mass is 10.0. The Balaban J connectivity index is 2.57. The molecule has 68 valence electrons. The van der Waals surface area contributed by atoms with Crippen molar-refractivity contribution in [2.24, 2.45) is 0 Å². The fourth-order valence-electron chi connectivity index (χ4n) is 1.37. The van der Waals surface area contributed by atoms with Crippen LogP contribution >= 0.6 is 31.9 Å². The van der Waals surface area contributed by atoms with E-state index in [1.54, 1.807) is 0 Å². The topological polar surface area (TPSA) is 29.1 Å². The average Bonchev–Trinajstić information content (AvgIpc) is 2.12. The van der Waals surface area contributed by atoms with Crippen LogP contribution in [0.3, 0.4) is 0 Å². The number of alkyl halides is 1. The summed E-state index contributed by atoms with van der Waals surface area (Å²) in [5.41, 5.74) is 1.66. The highest BCUT2D eigenvalue weighted by Gasteiger charge is 2.26. The molecule has 0 aromatic heterocycles. The maximum atomic E-state index is 11.7. The van der Waals surface area contributed by atoms with E-state index in [9.17, 15) is 4.79 Å². The predicted molar refractivity (Wildman–Crippen MR) is 59.7 cm³/mol. The number of halogens is 2. The van der Waals surface area contributed by atoms with Gasteiger partial charge in [-0.1, -0.05) is 22.0 Å². The van der Waals surface area contributed by atoms with Crippen molar-refractivity contribution in [3.05, 3.63) is 28.2 Å². The summed E-state index contributed by atoms with van der Waals surface area (Å²) in [6, 6.07) is 5.71. The molecule has 2 nitrogen and oxygen atoms in total. The molecule has 1 N–H and O–H groups in total. The predicted octanol–water partition coefficient (Wildman–Crippen LogP) is 2.82. The van der Waals surface area contributed by atoms with Gasteiger partial charge in [-0.15, -0.1) is 0 Å². The van der Waals surface area contributed by atoms with E-state index in [-0.39, 0.29) is 10.6 Å². The molecule has 0 fully saturated rings. The van der Waals surface area contributed by atoms with Crippen LogP contribution in [0.1, 0.15) is 10.4 Å². The number of carbonyl (C=O) groups is 1. The molecule has 0 aliphatic carbocycles. The summed E-state index contributed by atoms with van der Waals surface area (Å²) in [6.07, 6.45) is 0. The van der Waals surface area contributed by atoms with Crippen LogP contribution in [-0.4, -0.2) is 17.2 Å². The van der Waals surface area contributed by atoms with Crippen LogP contribution in [0.25, 0.3) is 0 Å². The molecule has 1 aromatic carbocycles. The second-order valence-corrected chi connectivity index (χ2v) is 4.83. The quantitative estimate of drug-likeness (QED) is 0.747. The summed E-state index contributed by atoms with van der Waals surface area (Å²) in [7, 11) is 0. The summed E-state index contributed by atoms with van der Waals surface area (Å²) in [5.74, 6) is 0.140. The number of rotatable bonds is 0. The SMILES string of the molecule is O=C1c2c(Br)cccc2NCC1Br. The number of fused-ring (bicyclic) bond motifs is 1. The second-order valence-electron chi connectivity index (χ2n) is 2.88. The van der Waals surface area contributed by atoms with Crippen LogP contribution in [0.15, 0.2) is 22.7 Å². The lowest BCUT2D eigenvalue weighted by Gasteiger charge is -2.21. The van der Waals surface area contributed by atoms with Gasteiger partial charge in [0.05, 0.1) is 10.4 Å². The van der Waals surface area contributed by atoms with Crippen molar-refractivity contribution in [1.82, 2.24) is 0 Å². The number of Topliss-reactive ketones (excluding diaryl/α,β-unsaturated/α-hetero) is 1. The van der Waals surface area contributed by atoms with Gasteiger partial charge in [0.2, 0.25) is 0 Å². The maximum Gasteiger partial charge on any atom is 0.181 e. The molecular weight excluding hydrogens is 298 g/mol. The van der Waals surface area contributed by atoms with Crippen LogP contribution in [0.2, 0.25) is 0 Å². The molecule has 0 bridgehead atoms. The molecule has 0 spiro atoms. The van der Waals surface area contributed by atoms with E-state index in [0.29, 0.717) is 6.54 Å². The molecule has 0 saturated carbocycles. The van der Waals surface area contributed by atoms with Gasteiger partial charge < -0.3 is 5.32 Å². The van der Waals surface area contributed by atoms with Crippen LogP contribution in [0, 0.1) is 0 Å². The molecule has 1 aliphatic rings. The smallest absolute Gasteiger partial charge is 0.181 e. The minimum absolute atomic E-state index is 0.112. The first kappa shape index (κ1) is 9.21. The van der Waals surface area contributed by atoms with Crippen molar-refractivity contribution in [2.75, 3.05) is 11.9 Å². The molecule has 1 aromatic rings. The molecule has 0 amide bonds. The van der Waals surface area contributed by atoms with Crippen molar-refractivity contribution < 1.29 is 4.79 Å². The first-order chi connectivity index (χ1) is 6.20. The Bertz CT molecular complexity index is 365. The number of carbonyl (C=O) groups excluding carboxylic acids is 1. The van der Waals surface area contributed by atoms with Gasteiger partial charge in [-0.3, -0.25) is 4.79 Å². The van der Waals surface area contributed by atoms with Gasteiger partial charge in [-0.05, 0) is 28.1 Å². The molecular formula is C9H7Br2NO. The van der Waals surface area contributed by atoms with E-state index in [2.05, 4.69) is 37.2 Å². The third kappa shape index (κ3) is 1.53. The molecule has 0 radical (unpaired) electrons. The van der Waals surface area contributed by atoms with Gasteiger partial charge in [0, 0.05) is 16.7 Å². The minimum Gasteiger partial charge on any atom is -0.383 e. The summed E-state index contributed by atoms with van der Waals surface area (Å²) >= 11 is 6.69. The monoisotopic (exact) mass is 303 g/mol. The number of ketones is 1. The van der Waals surface area contributed by atoms with E-state index in [1.165, 1.54) is 0 Å². The van der Waals surface area contributed by atoms with Crippen molar-refractivity contribution in [2.45, 2.75) is 4.83 Å².